The smallest absolute Gasteiger partial charge is 0.303 e. The Morgan fingerprint density at radius 3 is 2.57 bits per heavy atom. The van der Waals surface area contributed by atoms with Crippen molar-refractivity contribution < 1.29 is 14.6 Å². The zero-order valence-electron chi connectivity index (χ0n) is 13.5. The highest BCUT2D eigenvalue weighted by Gasteiger charge is 2.52. The van der Waals surface area contributed by atoms with Gasteiger partial charge in [0, 0.05) is 6.92 Å². The van der Waals surface area contributed by atoms with E-state index in [2.05, 4.69) is 20.4 Å². The minimum Gasteiger partial charge on any atom is -0.459 e. The van der Waals surface area contributed by atoms with E-state index < -0.39 is 17.1 Å². The molecule has 0 heterocycles. The van der Waals surface area contributed by atoms with Crippen LogP contribution in [0.15, 0.2) is 12.2 Å². The molecule has 2 fully saturated rings. The van der Waals surface area contributed by atoms with Gasteiger partial charge in [0.1, 0.15) is 11.7 Å². The van der Waals surface area contributed by atoms with Crippen LogP contribution in [0.4, 0.5) is 0 Å². The van der Waals surface area contributed by atoms with E-state index >= 15 is 0 Å². The van der Waals surface area contributed by atoms with Gasteiger partial charge in [-0.2, -0.15) is 0 Å². The van der Waals surface area contributed by atoms with Gasteiger partial charge >= 0.3 is 5.97 Å². The summed E-state index contributed by atoms with van der Waals surface area (Å²) >= 11 is 6.53. The van der Waals surface area contributed by atoms with E-state index in [4.69, 9.17) is 16.3 Å². The topological polar surface area (TPSA) is 46.5 Å². The maximum absolute atomic E-state index is 11.3. The summed E-state index contributed by atoms with van der Waals surface area (Å²) < 4.78 is 5.34. The van der Waals surface area contributed by atoms with Crippen LogP contribution in [-0.2, 0) is 9.53 Å². The van der Waals surface area contributed by atoms with Crippen molar-refractivity contribution >= 4 is 17.6 Å². The normalized spacial score (nSPS) is 42.9. The molecule has 0 saturated heterocycles. The van der Waals surface area contributed by atoms with Gasteiger partial charge in [0.2, 0.25) is 0 Å². The number of hydrogen-bond donors (Lipinski definition) is 1. The second-order valence-corrected chi connectivity index (χ2v) is 8.16. The van der Waals surface area contributed by atoms with Crippen LogP contribution in [0.5, 0.6) is 0 Å². The van der Waals surface area contributed by atoms with E-state index in [9.17, 15) is 9.90 Å². The highest BCUT2D eigenvalue weighted by Crippen LogP contribution is 2.57. The van der Waals surface area contributed by atoms with Crippen LogP contribution >= 0.6 is 11.6 Å². The Hall–Kier alpha value is -0.540. The summed E-state index contributed by atoms with van der Waals surface area (Å²) in [7, 11) is 0. The lowest BCUT2D eigenvalue weighted by molar-refractivity contribution is -0.162. The third-order valence-electron chi connectivity index (χ3n) is 5.54. The van der Waals surface area contributed by atoms with Crippen molar-refractivity contribution in [2.45, 2.75) is 70.5 Å². The molecule has 2 aliphatic carbocycles. The second kappa shape index (κ2) is 5.58. The fourth-order valence-electron chi connectivity index (χ4n) is 3.99. The molecule has 1 N–H and O–H groups in total. The Morgan fingerprint density at radius 1 is 1.43 bits per heavy atom. The van der Waals surface area contributed by atoms with Crippen molar-refractivity contribution in [1.82, 2.24) is 0 Å². The van der Waals surface area contributed by atoms with Gasteiger partial charge in [0.15, 0.2) is 0 Å². The van der Waals surface area contributed by atoms with Crippen molar-refractivity contribution in [3.63, 3.8) is 0 Å². The van der Waals surface area contributed by atoms with Crippen LogP contribution in [0.2, 0.25) is 0 Å². The number of esters is 1. The molecule has 5 atom stereocenters. The molecule has 2 rings (SSSR count). The first-order valence-electron chi connectivity index (χ1n) is 7.77. The first kappa shape index (κ1) is 16.8. The lowest BCUT2D eigenvalue weighted by Crippen LogP contribution is -2.52. The number of carbonyl (C=O) groups excluding carboxylic acids is 1. The van der Waals surface area contributed by atoms with Gasteiger partial charge in [0.25, 0.3) is 0 Å². The molecule has 4 heteroatoms. The van der Waals surface area contributed by atoms with Crippen LogP contribution in [-0.4, -0.2) is 28.2 Å². The van der Waals surface area contributed by atoms with E-state index in [1.807, 2.05) is 0 Å². The van der Waals surface area contributed by atoms with Gasteiger partial charge in [-0.1, -0.05) is 26.0 Å². The average Bonchev–Trinajstić information content (AvgIpc) is 2.38. The third-order valence-corrected chi connectivity index (χ3v) is 6.16. The number of ether oxygens (including phenoxy) is 1. The van der Waals surface area contributed by atoms with Gasteiger partial charge < -0.3 is 9.84 Å². The number of halogens is 1. The maximum Gasteiger partial charge on any atom is 0.303 e. The Labute approximate surface area is 132 Å². The number of alkyl halides is 1. The molecule has 3 nitrogen and oxygen atoms in total. The molecule has 0 bridgehead atoms. The third kappa shape index (κ3) is 3.14. The largest absolute Gasteiger partial charge is 0.459 e. The molecule has 0 radical (unpaired) electrons. The Balaban J connectivity index is 2.25. The SMILES string of the molecule is C=C1CC[C@@H](OC(C)=O)[C@](C)(O)[C@@H](Cl)C[C@@H]2[C@@H]1CC2(C)C. The summed E-state index contributed by atoms with van der Waals surface area (Å²) in [5.41, 5.74) is 0.227. The molecule has 0 aromatic heterocycles. The van der Waals surface area contributed by atoms with Crippen LogP contribution in [0, 0.1) is 17.3 Å². The summed E-state index contributed by atoms with van der Waals surface area (Å²) in [5, 5.41) is 10.4. The van der Waals surface area contributed by atoms with E-state index in [0.29, 0.717) is 18.3 Å². The molecule has 2 saturated carbocycles. The monoisotopic (exact) mass is 314 g/mol. The molecule has 0 spiro atoms. The molecule has 0 unspecified atom stereocenters. The van der Waals surface area contributed by atoms with E-state index in [1.165, 1.54) is 12.5 Å². The summed E-state index contributed by atoms with van der Waals surface area (Å²) in [6.45, 7) is 11.8. The van der Waals surface area contributed by atoms with Crippen LogP contribution in [0.3, 0.4) is 0 Å². The Kier molecular flexibility index (Phi) is 4.47. The number of rotatable bonds is 1. The summed E-state index contributed by atoms with van der Waals surface area (Å²) in [4.78, 5) is 11.3. The minimum absolute atomic E-state index is 0.234. The quantitative estimate of drug-likeness (QED) is 0.456. The minimum atomic E-state index is -1.21. The fourth-order valence-corrected chi connectivity index (χ4v) is 4.33. The van der Waals surface area contributed by atoms with Gasteiger partial charge in [-0.05, 0) is 49.9 Å². The van der Waals surface area contributed by atoms with Gasteiger partial charge in [-0.3, -0.25) is 4.79 Å². The number of allylic oxidation sites excluding steroid dienone is 1. The number of aliphatic hydroxyl groups is 1. The molecule has 2 aliphatic rings. The maximum atomic E-state index is 11.3. The number of fused-ring (bicyclic) bond motifs is 1. The van der Waals surface area contributed by atoms with Crippen LogP contribution in [0.25, 0.3) is 0 Å². The Bertz CT molecular complexity index is 441. The first-order chi connectivity index (χ1) is 9.55. The van der Waals surface area contributed by atoms with E-state index in [1.54, 1.807) is 6.92 Å². The predicted molar refractivity (Wildman–Crippen MR) is 84.2 cm³/mol. The van der Waals surface area contributed by atoms with Crippen molar-refractivity contribution in [3.05, 3.63) is 12.2 Å². The second-order valence-electron chi connectivity index (χ2n) is 7.63. The van der Waals surface area contributed by atoms with Gasteiger partial charge in [-0.15, -0.1) is 11.6 Å². The molecular weight excluding hydrogens is 288 g/mol. The molecular formula is C17H27ClO3. The molecule has 0 amide bonds. The first-order valence-corrected chi connectivity index (χ1v) is 8.20. The fraction of sp³-hybridized carbons (Fsp3) is 0.824. The lowest BCUT2D eigenvalue weighted by atomic mass is 9.52. The zero-order valence-corrected chi connectivity index (χ0v) is 14.2. The van der Waals surface area contributed by atoms with Gasteiger partial charge in [-0.25, -0.2) is 0 Å². The molecule has 120 valence electrons. The average molecular weight is 315 g/mol. The Morgan fingerprint density at radius 2 is 2.05 bits per heavy atom. The highest BCUT2D eigenvalue weighted by molar-refractivity contribution is 6.21. The van der Waals surface area contributed by atoms with Crippen molar-refractivity contribution in [2.75, 3.05) is 0 Å². The van der Waals surface area contributed by atoms with Crippen molar-refractivity contribution in [1.29, 1.82) is 0 Å². The zero-order chi connectivity index (χ0) is 16.0. The molecule has 0 aromatic rings. The molecule has 0 aliphatic heterocycles. The lowest BCUT2D eigenvalue weighted by Gasteiger charge is -2.53. The van der Waals surface area contributed by atoms with Gasteiger partial charge in [0.05, 0.1) is 5.38 Å². The number of hydrogen-bond acceptors (Lipinski definition) is 3. The predicted octanol–water partition coefficient (Wildman–Crippen LogP) is 3.68. The summed E-state index contributed by atoms with van der Waals surface area (Å²) in [6.07, 6.45) is 2.63. The number of carbonyl (C=O) groups is 1. The standard InChI is InChI=1S/C17H27ClO3/c1-10-6-7-15(21-11(2)19)17(5,20)14(18)8-13-12(10)9-16(13,3)4/h12-15,20H,1,6-9H2,2-5H3/t12-,13-,14+,15-,17-/m1/s1. The van der Waals surface area contributed by atoms with Crippen molar-refractivity contribution in [3.8, 4) is 0 Å². The summed E-state index contributed by atoms with van der Waals surface area (Å²) in [6, 6.07) is 0. The molecule has 21 heavy (non-hydrogen) atoms. The van der Waals surface area contributed by atoms with Crippen LogP contribution in [0.1, 0.15) is 53.4 Å². The van der Waals surface area contributed by atoms with E-state index in [-0.39, 0.29) is 11.4 Å². The highest BCUT2D eigenvalue weighted by atomic mass is 35.5. The van der Waals surface area contributed by atoms with Crippen LogP contribution < -0.4 is 0 Å². The van der Waals surface area contributed by atoms with E-state index in [0.717, 1.165) is 19.3 Å². The summed E-state index contributed by atoms with van der Waals surface area (Å²) in [5.74, 6) is 0.542. The van der Waals surface area contributed by atoms with Crippen molar-refractivity contribution in [2.24, 2.45) is 17.3 Å². The molecule has 0 aromatic carbocycles.